The van der Waals surface area contributed by atoms with Crippen LogP contribution in [0.4, 0.5) is 5.69 Å². The van der Waals surface area contributed by atoms with Crippen molar-refractivity contribution in [1.82, 2.24) is 19.7 Å². The molecule has 154 valence electrons. The van der Waals surface area contributed by atoms with Crippen LogP contribution in [0.15, 0.2) is 66.1 Å². The number of para-hydroxylation sites is 1. The Hall–Kier alpha value is -3.72. The molecule has 0 aliphatic carbocycles. The first-order valence-corrected chi connectivity index (χ1v) is 10.5. The maximum atomic E-state index is 13.0. The van der Waals surface area contributed by atoms with Gasteiger partial charge in [-0.3, -0.25) is 9.59 Å². The lowest BCUT2D eigenvalue weighted by Gasteiger charge is -2.19. The van der Waals surface area contributed by atoms with E-state index in [-0.39, 0.29) is 18.3 Å². The van der Waals surface area contributed by atoms with Gasteiger partial charge in [0.25, 0.3) is 5.91 Å². The van der Waals surface area contributed by atoms with Crippen molar-refractivity contribution in [3.05, 3.63) is 66.6 Å². The first-order valence-electron chi connectivity index (χ1n) is 9.62. The minimum absolute atomic E-state index is 0.0209. The van der Waals surface area contributed by atoms with Crippen LogP contribution in [0.5, 0.6) is 5.75 Å². The number of ketones is 1. The largest absolute Gasteiger partial charge is 0.482 e. The Kier molecular flexibility index (Phi) is 4.87. The highest BCUT2D eigenvalue weighted by atomic mass is 32.2. The van der Waals surface area contributed by atoms with E-state index < -0.39 is 5.25 Å². The van der Waals surface area contributed by atoms with Gasteiger partial charge >= 0.3 is 0 Å². The quantitative estimate of drug-likeness (QED) is 0.293. The molecule has 1 aliphatic heterocycles. The van der Waals surface area contributed by atoms with Crippen LogP contribution in [0, 0.1) is 0 Å². The Morgan fingerprint density at radius 1 is 1.19 bits per heavy atom. The van der Waals surface area contributed by atoms with Gasteiger partial charge in [0.2, 0.25) is 0 Å². The summed E-state index contributed by atoms with van der Waals surface area (Å²) in [5, 5.41) is 8.24. The summed E-state index contributed by atoms with van der Waals surface area (Å²) in [6.07, 6.45) is 3.20. The van der Waals surface area contributed by atoms with E-state index in [1.54, 1.807) is 29.1 Å². The molecule has 9 heteroatoms. The van der Waals surface area contributed by atoms with Gasteiger partial charge in [0.15, 0.2) is 18.0 Å². The van der Waals surface area contributed by atoms with Crippen molar-refractivity contribution in [3.63, 3.8) is 0 Å². The predicted octanol–water partition coefficient (Wildman–Crippen LogP) is 3.51. The van der Waals surface area contributed by atoms with Crippen LogP contribution in [0.1, 0.15) is 17.3 Å². The van der Waals surface area contributed by atoms with E-state index in [0.29, 0.717) is 27.7 Å². The summed E-state index contributed by atoms with van der Waals surface area (Å²) in [7, 11) is 0. The molecule has 1 atom stereocenters. The molecule has 0 bridgehead atoms. The second kappa shape index (κ2) is 7.84. The molecule has 5 rings (SSSR count). The van der Waals surface area contributed by atoms with E-state index in [2.05, 4.69) is 20.4 Å². The van der Waals surface area contributed by atoms with E-state index in [9.17, 15) is 9.59 Å². The molecular weight excluding hydrogens is 414 g/mol. The maximum absolute atomic E-state index is 13.0. The Balaban J connectivity index is 1.41. The monoisotopic (exact) mass is 431 g/mol. The number of carbonyl (C=O) groups is 2. The molecule has 3 heterocycles. The van der Waals surface area contributed by atoms with Crippen LogP contribution in [0.25, 0.3) is 16.7 Å². The number of hydrogen-bond donors (Lipinski definition) is 1. The number of rotatable bonds is 5. The van der Waals surface area contributed by atoms with Gasteiger partial charge in [-0.2, -0.15) is 5.10 Å². The highest BCUT2D eigenvalue weighted by molar-refractivity contribution is 8.00. The number of fused-ring (bicyclic) bond motifs is 2. The Bertz CT molecular complexity index is 1310. The van der Waals surface area contributed by atoms with E-state index in [4.69, 9.17) is 4.74 Å². The topological polar surface area (TPSA) is 99.0 Å². The molecule has 2 aromatic heterocycles. The van der Waals surface area contributed by atoms with Crippen molar-refractivity contribution in [2.45, 2.75) is 17.2 Å². The molecule has 0 spiro atoms. The van der Waals surface area contributed by atoms with Crippen LogP contribution in [-0.4, -0.2) is 43.3 Å². The number of benzene rings is 2. The van der Waals surface area contributed by atoms with Gasteiger partial charge in [0.05, 0.1) is 28.2 Å². The molecule has 1 aliphatic rings. The number of hydrogen-bond acceptors (Lipinski definition) is 7. The maximum Gasteiger partial charge on any atom is 0.262 e. The van der Waals surface area contributed by atoms with Crippen LogP contribution < -0.4 is 10.1 Å². The van der Waals surface area contributed by atoms with Gasteiger partial charge in [-0.1, -0.05) is 30.0 Å². The molecular formula is C22H17N5O3S. The van der Waals surface area contributed by atoms with Gasteiger partial charge in [-0.15, -0.1) is 0 Å². The number of Topliss-reactive ketones (excluding diaryl/α,β-unsaturated/α-hetero) is 1. The third-order valence-corrected chi connectivity index (χ3v) is 6.00. The van der Waals surface area contributed by atoms with E-state index in [0.717, 1.165) is 11.1 Å². The zero-order valence-corrected chi connectivity index (χ0v) is 17.3. The SMILES string of the molecule is CC(Sc1ncnc2c1cnn2-c1ccccc1)C(=O)c1ccc2c(c1)NC(=O)CO2. The summed E-state index contributed by atoms with van der Waals surface area (Å²) >= 11 is 1.35. The smallest absolute Gasteiger partial charge is 0.262 e. The second-order valence-corrected chi connectivity index (χ2v) is 8.31. The number of thioether (sulfide) groups is 1. The number of carbonyl (C=O) groups excluding carboxylic acids is 2. The molecule has 4 aromatic rings. The number of aromatic nitrogens is 4. The average molecular weight is 431 g/mol. The first-order chi connectivity index (χ1) is 15.1. The number of ether oxygens (including phenoxy) is 1. The van der Waals surface area contributed by atoms with Crippen LogP contribution in [0.3, 0.4) is 0 Å². The van der Waals surface area contributed by atoms with Gasteiger partial charge in [-0.25, -0.2) is 14.6 Å². The lowest BCUT2D eigenvalue weighted by Crippen LogP contribution is -2.25. The Morgan fingerprint density at radius 2 is 2.03 bits per heavy atom. The highest BCUT2D eigenvalue weighted by Gasteiger charge is 2.23. The number of anilines is 1. The predicted molar refractivity (Wildman–Crippen MR) is 117 cm³/mol. The second-order valence-electron chi connectivity index (χ2n) is 6.98. The fourth-order valence-electron chi connectivity index (χ4n) is 3.37. The molecule has 1 unspecified atom stereocenters. The van der Waals surface area contributed by atoms with Crippen LogP contribution in [-0.2, 0) is 4.79 Å². The third-order valence-electron chi connectivity index (χ3n) is 4.88. The number of amides is 1. The normalized spacial score (nSPS) is 13.9. The van der Waals surface area contributed by atoms with E-state index in [1.807, 2.05) is 37.3 Å². The molecule has 8 nitrogen and oxygen atoms in total. The van der Waals surface area contributed by atoms with Crippen molar-refractivity contribution in [3.8, 4) is 11.4 Å². The van der Waals surface area contributed by atoms with Crippen molar-refractivity contribution in [2.24, 2.45) is 0 Å². The van der Waals surface area contributed by atoms with Gasteiger partial charge in [0, 0.05) is 5.56 Å². The van der Waals surface area contributed by atoms with Gasteiger partial charge in [0.1, 0.15) is 17.1 Å². The first kappa shape index (κ1) is 19.3. The molecule has 31 heavy (non-hydrogen) atoms. The summed E-state index contributed by atoms with van der Waals surface area (Å²) in [5.41, 5.74) is 2.58. The molecule has 0 saturated heterocycles. The van der Waals surface area contributed by atoms with Crippen molar-refractivity contribution in [2.75, 3.05) is 11.9 Å². The molecule has 2 aromatic carbocycles. The number of nitrogens with zero attached hydrogens (tertiary/aromatic N) is 4. The zero-order chi connectivity index (χ0) is 21.4. The van der Waals surface area contributed by atoms with Crippen molar-refractivity contribution >= 4 is 40.2 Å². The van der Waals surface area contributed by atoms with E-state index >= 15 is 0 Å². The highest BCUT2D eigenvalue weighted by Crippen LogP contribution is 2.33. The summed E-state index contributed by atoms with van der Waals surface area (Å²) in [6.45, 7) is 1.81. The average Bonchev–Trinajstić information content (AvgIpc) is 3.24. The molecule has 0 fully saturated rings. The standard InChI is InChI=1S/C22H17N5O3S/c1-13(20(29)14-7-8-18-17(9-14)26-19(28)11-30-18)31-22-16-10-25-27(21(16)23-12-24-22)15-5-3-2-4-6-15/h2-10,12-13H,11H2,1H3,(H,26,28). The number of nitrogens with one attached hydrogen (secondary N) is 1. The summed E-state index contributed by atoms with van der Waals surface area (Å²) in [6, 6.07) is 14.8. The van der Waals surface area contributed by atoms with Crippen molar-refractivity contribution < 1.29 is 14.3 Å². The Labute approximate surface area is 181 Å². The molecule has 1 amide bonds. The molecule has 1 N–H and O–H groups in total. The summed E-state index contributed by atoms with van der Waals surface area (Å²) in [5.74, 6) is 0.246. The lowest BCUT2D eigenvalue weighted by molar-refractivity contribution is -0.118. The lowest BCUT2D eigenvalue weighted by atomic mass is 10.1. The van der Waals surface area contributed by atoms with Gasteiger partial charge in [-0.05, 0) is 37.3 Å². The fraction of sp³-hybridized carbons (Fsp3) is 0.136. The summed E-state index contributed by atoms with van der Waals surface area (Å²) < 4.78 is 7.11. The van der Waals surface area contributed by atoms with Crippen LogP contribution >= 0.6 is 11.8 Å². The van der Waals surface area contributed by atoms with Crippen LogP contribution in [0.2, 0.25) is 0 Å². The minimum atomic E-state index is -0.406. The summed E-state index contributed by atoms with van der Waals surface area (Å²) in [4.78, 5) is 33.4. The Morgan fingerprint density at radius 3 is 2.87 bits per heavy atom. The molecule has 0 saturated carbocycles. The molecule has 0 radical (unpaired) electrons. The minimum Gasteiger partial charge on any atom is -0.482 e. The van der Waals surface area contributed by atoms with E-state index in [1.165, 1.54) is 18.1 Å². The van der Waals surface area contributed by atoms with Crippen molar-refractivity contribution in [1.29, 1.82) is 0 Å². The zero-order valence-electron chi connectivity index (χ0n) is 16.5. The fourth-order valence-corrected chi connectivity index (χ4v) is 4.32. The van der Waals surface area contributed by atoms with Gasteiger partial charge < -0.3 is 10.1 Å². The third kappa shape index (κ3) is 3.64.